The van der Waals surface area contributed by atoms with E-state index in [9.17, 15) is 9.59 Å². The number of carbonyl (C=O) groups is 2. The van der Waals surface area contributed by atoms with Crippen molar-refractivity contribution in [1.82, 2.24) is 4.57 Å². The standard InChI is InChI=1S/C23H27NO5/c1-14-6-7-19-18(12-28-22(19)8-14)10-23(26)29-13-21(25)20-9-15(2)24(17(20)4)16(3)11-27-5/h6-9,12,16H,10-11,13H2,1-5H3/t16-/m1/s1. The second-order valence-corrected chi connectivity index (χ2v) is 7.48. The molecule has 0 aliphatic rings. The number of esters is 1. The molecule has 2 heterocycles. The maximum atomic E-state index is 12.6. The van der Waals surface area contributed by atoms with Crippen LogP contribution in [0, 0.1) is 20.8 Å². The second kappa shape index (κ2) is 8.66. The van der Waals surface area contributed by atoms with Gasteiger partial charge >= 0.3 is 5.97 Å². The summed E-state index contributed by atoms with van der Waals surface area (Å²) in [5, 5.41) is 0.884. The predicted octanol–water partition coefficient (Wildman–Crippen LogP) is 4.34. The topological polar surface area (TPSA) is 70.7 Å². The Morgan fingerprint density at radius 3 is 2.66 bits per heavy atom. The highest BCUT2D eigenvalue weighted by molar-refractivity contribution is 5.99. The SMILES string of the molecule is COC[C@@H](C)n1c(C)cc(C(=O)COC(=O)Cc2coc3cc(C)ccc23)c1C. The van der Waals surface area contributed by atoms with Crippen molar-refractivity contribution in [1.29, 1.82) is 0 Å². The number of furan rings is 1. The van der Waals surface area contributed by atoms with Crippen molar-refractivity contribution < 1.29 is 23.5 Å². The predicted molar refractivity (Wildman–Crippen MR) is 110 cm³/mol. The Morgan fingerprint density at radius 1 is 1.17 bits per heavy atom. The highest BCUT2D eigenvalue weighted by atomic mass is 16.5. The molecule has 0 unspecified atom stereocenters. The highest BCUT2D eigenvalue weighted by Crippen LogP contribution is 2.24. The molecule has 0 aliphatic carbocycles. The number of hydrogen-bond acceptors (Lipinski definition) is 5. The number of aryl methyl sites for hydroxylation is 2. The van der Waals surface area contributed by atoms with E-state index >= 15 is 0 Å². The van der Waals surface area contributed by atoms with Crippen LogP contribution in [0.2, 0.25) is 0 Å². The van der Waals surface area contributed by atoms with Crippen LogP contribution in [0.25, 0.3) is 11.0 Å². The first kappa shape index (κ1) is 20.9. The first-order valence-electron chi connectivity index (χ1n) is 9.64. The van der Waals surface area contributed by atoms with Gasteiger partial charge in [0.2, 0.25) is 5.78 Å². The third kappa shape index (κ3) is 4.43. The van der Waals surface area contributed by atoms with Crippen LogP contribution in [0.3, 0.4) is 0 Å². The Bertz CT molecular complexity index is 1040. The number of methoxy groups -OCH3 is 1. The number of Topliss-reactive ketones (excluding diaryl/α,β-unsaturated/α-hetero) is 1. The lowest BCUT2D eigenvalue weighted by Gasteiger charge is -2.17. The molecule has 0 saturated heterocycles. The molecule has 2 aromatic heterocycles. The second-order valence-electron chi connectivity index (χ2n) is 7.48. The van der Waals surface area contributed by atoms with Crippen molar-refractivity contribution in [2.75, 3.05) is 20.3 Å². The molecular weight excluding hydrogens is 370 g/mol. The Labute approximate surface area is 170 Å². The largest absolute Gasteiger partial charge is 0.464 e. The number of rotatable bonds is 8. The minimum absolute atomic E-state index is 0.0627. The number of ether oxygens (including phenoxy) is 2. The van der Waals surface area contributed by atoms with Crippen molar-refractivity contribution >= 4 is 22.7 Å². The first-order valence-corrected chi connectivity index (χ1v) is 9.64. The molecule has 0 amide bonds. The quantitative estimate of drug-likeness (QED) is 0.418. The molecule has 1 aromatic carbocycles. The van der Waals surface area contributed by atoms with Crippen molar-refractivity contribution in [3.63, 3.8) is 0 Å². The fourth-order valence-electron chi connectivity index (χ4n) is 3.81. The number of hydrogen-bond donors (Lipinski definition) is 0. The van der Waals surface area contributed by atoms with Crippen LogP contribution in [0.4, 0.5) is 0 Å². The van der Waals surface area contributed by atoms with Crippen molar-refractivity contribution in [2.24, 2.45) is 0 Å². The van der Waals surface area contributed by atoms with Gasteiger partial charge in [-0.25, -0.2) is 0 Å². The molecule has 6 nitrogen and oxygen atoms in total. The Kier molecular flexibility index (Phi) is 6.23. The van der Waals surface area contributed by atoms with Crippen molar-refractivity contribution in [3.05, 3.63) is 58.6 Å². The van der Waals surface area contributed by atoms with Crippen LogP contribution in [-0.2, 0) is 20.7 Å². The van der Waals surface area contributed by atoms with Crippen LogP contribution in [-0.4, -0.2) is 36.6 Å². The van der Waals surface area contributed by atoms with E-state index in [2.05, 4.69) is 4.57 Å². The molecule has 0 N–H and O–H groups in total. The minimum Gasteiger partial charge on any atom is -0.464 e. The number of carbonyl (C=O) groups excluding carboxylic acids is 2. The summed E-state index contributed by atoms with van der Waals surface area (Å²) in [6, 6.07) is 7.77. The third-order valence-corrected chi connectivity index (χ3v) is 5.14. The summed E-state index contributed by atoms with van der Waals surface area (Å²) in [5.41, 5.74) is 4.98. The Morgan fingerprint density at radius 2 is 1.93 bits per heavy atom. The number of ketones is 1. The summed E-state index contributed by atoms with van der Waals surface area (Å²) in [4.78, 5) is 24.9. The summed E-state index contributed by atoms with van der Waals surface area (Å²) < 4.78 is 18.1. The van der Waals surface area contributed by atoms with E-state index in [1.54, 1.807) is 13.4 Å². The molecular formula is C23H27NO5. The zero-order valence-electron chi connectivity index (χ0n) is 17.6. The fraction of sp³-hybridized carbons (Fsp3) is 0.391. The van der Waals surface area contributed by atoms with Gasteiger partial charge in [0.1, 0.15) is 5.58 Å². The molecule has 6 heteroatoms. The van der Waals surface area contributed by atoms with Gasteiger partial charge in [-0.15, -0.1) is 0 Å². The molecule has 154 valence electrons. The summed E-state index contributed by atoms with van der Waals surface area (Å²) in [6.45, 7) is 8.14. The summed E-state index contributed by atoms with van der Waals surface area (Å²) in [6.07, 6.45) is 1.63. The third-order valence-electron chi connectivity index (χ3n) is 5.14. The summed E-state index contributed by atoms with van der Waals surface area (Å²) >= 11 is 0. The number of fused-ring (bicyclic) bond motifs is 1. The fourth-order valence-corrected chi connectivity index (χ4v) is 3.81. The van der Waals surface area contributed by atoms with Crippen LogP contribution in [0.15, 0.2) is 34.9 Å². The van der Waals surface area contributed by atoms with Crippen molar-refractivity contribution in [3.8, 4) is 0 Å². The van der Waals surface area contributed by atoms with E-state index in [1.807, 2.05) is 52.0 Å². The van der Waals surface area contributed by atoms with E-state index in [1.165, 1.54) is 0 Å². The van der Waals surface area contributed by atoms with Crippen LogP contribution < -0.4 is 0 Å². The van der Waals surface area contributed by atoms with Gasteiger partial charge in [-0.05, 0) is 45.4 Å². The molecule has 3 rings (SSSR count). The van der Waals surface area contributed by atoms with Gasteiger partial charge in [0.15, 0.2) is 6.61 Å². The van der Waals surface area contributed by atoms with Crippen molar-refractivity contribution in [2.45, 2.75) is 40.2 Å². The average molecular weight is 397 g/mol. The molecule has 1 atom stereocenters. The van der Waals surface area contributed by atoms with E-state index in [4.69, 9.17) is 13.9 Å². The van der Waals surface area contributed by atoms with Crippen LogP contribution >= 0.6 is 0 Å². The van der Waals surface area contributed by atoms with Gasteiger partial charge in [0.25, 0.3) is 0 Å². The monoisotopic (exact) mass is 397 g/mol. The smallest absolute Gasteiger partial charge is 0.310 e. The van der Waals surface area contributed by atoms with Gasteiger partial charge < -0.3 is 18.5 Å². The maximum absolute atomic E-state index is 12.6. The molecule has 0 fully saturated rings. The van der Waals surface area contributed by atoms with Gasteiger partial charge in [0, 0.05) is 35.0 Å². The van der Waals surface area contributed by atoms with Gasteiger partial charge in [-0.3, -0.25) is 9.59 Å². The molecule has 0 aliphatic heterocycles. The zero-order chi connectivity index (χ0) is 21.1. The Balaban J connectivity index is 1.64. The Hall–Kier alpha value is -2.86. The van der Waals surface area contributed by atoms with Crippen LogP contribution in [0.1, 0.15) is 45.8 Å². The number of nitrogens with zero attached hydrogens (tertiary/aromatic N) is 1. The van der Waals surface area contributed by atoms with Gasteiger partial charge in [-0.1, -0.05) is 12.1 Å². The lowest BCUT2D eigenvalue weighted by molar-refractivity contribution is -0.141. The zero-order valence-corrected chi connectivity index (χ0v) is 17.6. The van der Waals surface area contributed by atoms with Crippen LogP contribution in [0.5, 0.6) is 0 Å². The van der Waals surface area contributed by atoms with Gasteiger partial charge in [0.05, 0.1) is 25.3 Å². The minimum atomic E-state index is -0.455. The number of benzene rings is 1. The highest BCUT2D eigenvalue weighted by Gasteiger charge is 2.20. The average Bonchev–Trinajstić information content (AvgIpc) is 3.19. The summed E-state index contributed by atoms with van der Waals surface area (Å²) in [5.74, 6) is -0.668. The lowest BCUT2D eigenvalue weighted by Crippen LogP contribution is -2.17. The molecule has 0 spiro atoms. The van der Waals surface area contributed by atoms with E-state index in [0.717, 1.165) is 33.5 Å². The lowest BCUT2D eigenvalue weighted by atomic mass is 10.1. The normalized spacial score (nSPS) is 12.3. The first-order chi connectivity index (χ1) is 13.8. The van der Waals surface area contributed by atoms with E-state index in [0.29, 0.717) is 12.2 Å². The molecule has 0 saturated carbocycles. The molecule has 0 bridgehead atoms. The van der Waals surface area contributed by atoms with E-state index < -0.39 is 5.97 Å². The number of aromatic nitrogens is 1. The molecule has 3 aromatic rings. The molecule has 29 heavy (non-hydrogen) atoms. The maximum Gasteiger partial charge on any atom is 0.310 e. The summed E-state index contributed by atoms with van der Waals surface area (Å²) in [7, 11) is 1.65. The molecule has 0 radical (unpaired) electrons. The van der Waals surface area contributed by atoms with E-state index in [-0.39, 0.29) is 24.9 Å². The van der Waals surface area contributed by atoms with Gasteiger partial charge in [-0.2, -0.15) is 0 Å².